The summed E-state index contributed by atoms with van der Waals surface area (Å²) in [5, 5.41) is 7.92. The second-order valence-electron chi connectivity index (χ2n) is 1.74. The van der Waals surface area contributed by atoms with E-state index in [2.05, 4.69) is 0 Å². The molecule has 0 aromatic heterocycles. The molecule has 0 heterocycles. The quantitative estimate of drug-likeness (QED) is 0.700. The van der Waals surface area contributed by atoms with E-state index in [9.17, 15) is 22.2 Å². The molecule has 0 aromatic carbocycles. The van der Waals surface area contributed by atoms with Crippen LogP contribution in [0.5, 0.6) is 0 Å². The van der Waals surface area contributed by atoms with E-state index in [0.717, 1.165) is 0 Å². The minimum Gasteiger partial charge on any atom is -0.481 e. The van der Waals surface area contributed by atoms with Crippen molar-refractivity contribution in [3.63, 3.8) is 0 Å². The monoisotopic (exact) mass is 190 g/mol. The molecule has 0 saturated heterocycles. The number of carboxylic acid groups (broad SMARTS) is 1. The number of carbonyl (C=O) groups is 1. The zero-order valence-corrected chi connectivity index (χ0v) is 6.04. The zero-order chi connectivity index (χ0) is 9.07. The van der Waals surface area contributed by atoms with E-state index in [0.29, 0.717) is 0 Å². The van der Waals surface area contributed by atoms with Gasteiger partial charge in [0.2, 0.25) is 0 Å². The molecule has 0 fully saturated rings. The first-order valence-electron chi connectivity index (χ1n) is 2.45. The van der Waals surface area contributed by atoms with Crippen LogP contribution in [-0.2, 0) is 15.6 Å². The highest BCUT2D eigenvalue weighted by atomic mass is 32.2. The number of aliphatic carboxylic acids is 1. The van der Waals surface area contributed by atoms with Crippen LogP contribution in [0.15, 0.2) is 0 Å². The molecule has 66 valence electrons. The summed E-state index contributed by atoms with van der Waals surface area (Å²) in [6.07, 6.45) is -4.56. The number of halogens is 3. The van der Waals surface area contributed by atoms with E-state index in [1.165, 1.54) is 0 Å². The van der Waals surface area contributed by atoms with Crippen molar-refractivity contribution >= 4 is 16.8 Å². The molecule has 1 N–H and O–H groups in total. The number of hydrogen-bond acceptors (Lipinski definition) is 2. The highest BCUT2D eigenvalue weighted by Crippen LogP contribution is 2.15. The van der Waals surface area contributed by atoms with Crippen LogP contribution >= 0.6 is 0 Å². The molecular weight excluding hydrogens is 185 g/mol. The Labute approximate surface area is 62.7 Å². The molecule has 0 saturated carbocycles. The van der Waals surface area contributed by atoms with Crippen molar-refractivity contribution in [2.75, 3.05) is 11.5 Å². The first-order valence-corrected chi connectivity index (χ1v) is 3.93. The lowest BCUT2D eigenvalue weighted by molar-refractivity contribution is -0.134. The molecule has 0 aliphatic heterocycles. The predicted molar refractivity (Wildman–Crippen MR) is 31.6 cm³/mol. The Kier molecular flexibility index (Phi) is 3.50. The van der Waals surface area contributed by atoms with Crippen molar-refractivity contribution in [3.8, 4) is 0 Å². The Morgan fingerprint density at radius 1 is 1.45 bits per heavy atom. The zero-order valence-electron chi connectivity index (χ0n) is 5.22. The number of alkyl halides is 3. The largest absolute Gasteiger partial charge is 0.481 e. The van der Waals surface area contributed by atoms with Crippen LogP contribution in [0.2, 0.25) is 0 Å². The Hall–Kier alpha value is -0.590. The van der Waals surface area contributed by atoms with Gasteiger partial charge < -0.3 is 5.11 Å². The van der Waals surface area contributed by atoms with E-state index >= 15 is 0 Å². The van der Waals surface area contributed by atoms with Gasteiger partial charge in [-0.1, -0.05) is 0 Å². The molecule has 0 aliphatic rings. The van der Waals surface area contributed by atoms with E-state index in [1.807, 2.05) is 0 Å². The minimum atomic E-state index is -4.56. The molecule has 11 heavy (non-hydrogen) atoms. The number of rotatable bonds is 3. The summed E-state index contributed by atoms with van der Waals surface area (Å²) in [5.41, 5.74) is 0. The van der Waals surface area contributed by atoms with Crippen LogP contribution < -0.4 is 0 Å². The summed E-state index contributed by atoms with van der Waals surface area (Å²) in [6.45, 7) is 0. The number of carboxylic acids is 1. The maximum absolute atomic E-state index is 11.4. The molecule has 0 aromatic rings. The second kappa shape index (κ2) is 3.70. The van der Waals surface area contributed by atoms with Crippen LogP contribution in [0.3, 0.4) is 0 Å². The fourth-order valence-electron chi connectivity index (χ4n) is 0.371. The SMILES string of the molecule is O=C(O)CS(=O)CC(F)(F)F. The third-order valence-electron chi connectivity index (χ3n) is 0.609. The van der Waals surface area contributed by atoms with Gasteiger partial charge in [-0.05, 0) is 0 Å². The smallest absolute Gasteiger partial charge is 0.400 e. The van der Waals surface area contributed by atoms with Crippen LogP contribution in [0, 0.1) is 0 Å². The Bertz CT molecular complexity index is 176. The van der Waals surface area contributed by atoms with Crippen LogP contribution in [-0.4, -0.2) is 33.0 Å². The van der Waals surface area contributed by atoms with Crippen molar-refractivity contribution in [2.24, 2.45) is 0 Å². The molecule has 3 nitrogen and oxygen atoms in total. The van der Waals surface area contributed by atoms with Gasteiger partial charge in [0.15, 0.2) is 0 Å². The molecule has 0 rings (SSSR count). The van der Waals surface area contributed by atoms with Gasteiger partial charge in [0.1, 0.15) is 11.5 Å². The minimum absolute atomic E-state index is 0.959. The first-order chi connectivity index (χ1) is 4.81. The maximum Gasteiger partial charge on any atom is 0.400 e. The highest BCUT2D eigenvalue weighted by Gasteiger charge is 2.30. The first kappa shape index (κ1) is 10.4. The summed E-state index contributed by atoms with van der Waals surface area (Å²) in [7, 11) is -2.34. The third-order valence-corrected chi connectivity index (χ3v) is 1.83. The molecular formula is C4H5F3O3S. The van der Waals surface area contributed by atoms with E-state index in [4.69, 9.17) is 5.11 Å². The van der Waals surface area contributed by atoms with Gasteiger partial charge in [0, 0.05) is 10.8 Å². The van der Waals surface area contributed by atoms with Gasteiger partial charge in [-0.3, -0.25) is 9.00 Å². The van der Waals surface area contributed by atoms with Crippen molar-refractivity contribution in [1.29, 1.82) is 0 Å². The van der Waals surface area contributed by atoms with Gasteiger partial charge in [-0.2, -0.15) is 13.2 Å². The van der Waals surface area contributed by atoms with Crippen molar-refractivity contribution in [1.82, 2.24) is 0 Å². The van der Waals surface area contributed by atoms with E-state index in [-0.39, 0.29) is 0 Å². The van der Waals surface area contributed by atoms with Gasteiger partial charge in [0.25, 0.3) is 0 Å². The topological polar surface area (TPSA) is 54.4 Å². The standard InChI is InChI=1S/C4H5F3O3S/c5-4(6,7)2-11(10)1-3(8)9/h1-2H2,(H,8,9). The summed E-state index contributed by atoms with van der Waals surface area (Å²) >= 11 is 0. The fraction of sp³-hybridized carbons (Fsp3) is 0.750. The molecule has 0 aliphatic carbocycles. The summed E-state index contributed by atoms with van der Waals surface area (Å²) < 4.78 is 44.4. The predicted octanol–water partition coefficient (Wildman–Crippen LogP) is 0.382. The van der Waals surface area contributed by atoms with E-state index in [1.54, 1.807) is 0 Å². The molecule has 0 amide bonds. The Balaban J connectivity index is 3.80. The van der Waals surface area contributed by atoms with Gasteiger partial charge in [0.05, 0.1) is 0 Å². The van der Waals surface area contributed by atoms with Crippen molar-refractivity contribution in [2.45, 2.75) is 6.18 Å². The summed E-state index contributed by atoms with van der Waals surface area (Å²) in [5.74, 6) is -4.01. The summed E-state index contributed by atoms with van der Waals surface area (Å²) in [4.78, 5) is 9.74. The number of hydrogen-bond donors (Lipinski definition) is 1. The van der Waals surface area contributed by atoms with Crippen LogP contribution in [0.1, 0.15) is 0 Å². The van der Waals surface area contributed by atoms with Crippen LogP contribution in [0.4, 0.5) is 13.2 Å². The molecule has 0 spiro atoms. The molecule has 1 unspecified atom stereocenters. The van der Waals surface area contributed by atoms with Crippen molar-refractivity contribution < 1.29 is 27.3 Å². The lowest BCUT2D eigenvalue weighted by atomic mass is 10.8. The highest BCUT2D eigenvalue weighted by molar-refractivity contribution is 7.85. The normalized spacial score (nSPS) is 14.5. The van der Waals surface area contributed by atoms with Crippen LogP contribution in [0.25, 0.3) is 0 Å². The fourth-order valence-corrected chi connectivity index (χ4v) is 1.11. The Morgan fingerprint density at radius 2 is 1.91 bits per heavy atom. The summed E-state index contributed by atoms with van der Waals surface area (Å²) in [6, 6.07) is 0. The van der Waals surface area contributed by atoms with E-state index < -0.39 is 34.5 Å². The van der Waals surface area contributed by atoms with Gasteiger partial charge in [-0.25, -0.2) is 0 Å². The third kappa shape index (κ3) is 7.31. The lowest BCUT2D eigenvalue weighted by Gasteiger charge is -2.03. The molecule has 7 heteroatoms. The second-order valence-corrected chi connectivity index (χ2v) is 3.19. The molecule has 0 bridgehead atoms. The van der Waals surface area contributed by atoms with Gasteiger partial charge in [-0.15, -0.1) is 0 Å². The van der Waals surface area contributed by atoms with Crippen molar-refractivity contribution in [3.05, 3.63) is 0 Å². The molecule has 1 atom stereocenters. The maximum atomic E-state index is 11.4. The van der Waals surface area contributed by atoms with Gasteiger partial charge >= 0.3 is 12.1 Å². The average Bonchev–Trinajstić information content (AvgIpc) is 1.53. The Morgan fingerprint density at radius 3 is 2.18 bits per heavy atom. The molecule has 0 radical (unpaired) electrons. The lowest BCUT2D eigenvalue weighted by Crippen LogP contribution is -2.23. The average molecular weight is 190 g/mol.